The van der Waals surface area contributed by atoms with Crippen LogP contribution >= 0.6 is 0 Å². The van der Waals surface area contributed by atoms with E-state index >= 15 is 0 Å². The second-order valence-electron chi connectivity index (χ2n) is 9.08. The molecule has 4 saturated carbocycles. The number of H-pyrrole nitrogens is 1. The molecule has 2 aromatic rings. The fraction of sp³-hybridized carbons (Fsp3) is 0.737. The van der Waals surface area contributed by atoms with Crippen LogP contribution in [0.25, 0.3) is 11.2 Å². The minimum atomic E-state index is -0.353. The van der Waals surface area contributed by atoms with Crippen LogP contribution in [0.1, 0.15) is 44.9 Å². The van der Waals surface area contributed by atoms with Crippen molar-refractivity contribution >= 4 is 17.1 Å². The van der Waals surface area contributed by atoms with E-state index in [1.54, 1.807) is 7.05 Å². The molecule has 4 aliphatic rings. The van der Waals surface area contributed by atoms with E-state index in [4.69, 9.17) is 0 Å². The zero-order valence-electron chi connectivity index (χ0n) is 15.5. The van der Waals surface area contributed by atoms with Crippen molar-refractivity contribution in [2.75, 3.05) is 11.9 Å². The van der Waals surface area contributed by atoms with Crippen molar-refractivity contribution in [3.63, 3.8) is 0 Å². The minimum Gasteiger partial charge on any atom is -0.356 e. The van der Waals surface area contributed by atoms with E-state index < -0.39 is 0 Å². The second-order valence-corrected chi connectivity index (χ2v) is 9.08. The molecule has 0 saturated heterocycles. The third-order valence-electron chi connectivity index (χ3n) is 7.21. The predicted octanol–water partition coefficient (Wildman–Crippen LogP) is 1.98. The van der Waals surface area contributed by atoms with E-state index in [2.05, 4.69) is 15.3 Å². The Morgan fingerprint density at radius 1 is 1.08 bits per heavy atom. The van der Waals surface area contributed by atoms with Crippen LogP contribution in [0.5, 0.6) is 0 Å². The fourth-order valence-electron chi connectivity index (χ4n) is 6.45. The largest absolute Gasteiger partial charge is 0.356 e. The number of nitrogens with zero attached hydrogens (tertiary/aromatic N) is 3. The number of hydrogen-bond donors (Lipinski definition) is 2. The standard InChI is InChI=1S/C19H27N5O2/c1-23-15-14(16(25)24(2)18(23)26)21-17(22-15)20-4-3-19-8-11-5-12(9-19)7-13(6-11)10-19/h11-13H,3-10H2,1-2H3,(H2,20,21,22). The predicted molar refractivity (Wildman–Crippen MR) is 100 cm³/mol. The third-order valence-corrected chi connectivity index (χ3v) is 7.21. The van der Waals surface area contributed by atoms with Crippen LogP contribution in [0.3, 0.4) is 0 Å². The molecule has 6 rings (SSSR count). The zero-order chi connectivity index (χ0) is 18.1. The van der Waals surface area contributed by atoms with Gasteiger partial charge < -0.3 is 10.3 Å². The number of aryl methyl sites for hydroxylation is 1. The molecular weight excluding hydrogens is 330 g/mol. The monoisotopic (exact) mass is 357 g/mol. The molecule has 4 aliphatic carbocycles. The van der Waals surface area contributed by atoms with E-state index in [-0.39, 0.29) is 11.2 Å². The Morgan fingerprint density at radius 3 is 2.31 bits per heavy atom. The van der Waals surface area contributed by atoms with E-state index in [1.807, 2.05) is 0 Å². The second kappa shape index (κ2) is 5.47. The number of fused-ring (bicyclic) bond motifs is 1. The van der Waals surface area contributed by atoms with Gasteiger partial charge in [0.25, 0.3) is 5.56 Å². The lowest BCUT2D eigenvalue weighted by Gasteiger charge is -2.57. The lowest BCUT2D eigenvalue weighted by Crippen LogP contribution is -2.46. The highest BCUT2D eigenvalue weighted by molar-refractivity contribution is 5.72. The molecule has 140 valence electrons. The van der Waals surface area contributed by atoms with Gasteiger partial charge in [0, 0.05) is 20.6 Å². The highest BCUT2D eigenvalue weighted by Gasteiger charge is 2.50. The van der Waals surface area contributed by atoms with Gasteiger partial charge in [-0.1, -0.05) is 0 Å². The van der Waals surface area contributed by atoms with Crippen LogP contribution < -0.4 is 16.6 Å². The molecule has 0 atom stereocenters. The highest BCUT2D eigenvalue weighted by atomic mass is 16.2. The highest BCUT2D eigenvalue weighted by Crippen LogP contribution is 2.61. The van der Waals surface area contributed by atoms with Crippen LogP contribution in [0, 0.1) is 23.2 Å². The number of aromatic amines is 1. The van der Waals surface area contributed by atoms with Crippen LogP contribution in [0.15, 0.2) is 9.59 Å². The van der Waals surface area contributed by atoms with Crippen LogP contribution in [0.4, 0.5) is 5.95 Å². The first-order valence-corrected chi connectivity index (χ1v) is 9.84. The van der Waals surface area contributed by atoms with Gasteiger partial charge in [0.05, 0.1) is 0 Å². The van der Waals surface area contributed by atoms with Gasteiger partial charge in [-0.15, -0.1) is 0 Å². The number of aromatic nitrogens is 4. The Balaban J connectivity index is 1.33. The number of nitrogens with one attached hydrogen (secondary N) is 2. The first-order valence-electron chi connectivity index (χ1n) is 9.84. The summed E-state index contributed by atoms with van der Waals surface area (Å²) in [5.41, 5.74) is 0.637. The summed E-state index contributed by atoms with van der Waals surface area (Å²) < 4.78 is 2.53. The van der Waals surface area contributed by atoms with E-state index in [1.165, 1.54) is 56.6 Å². The normalized spacial score (nSPS) is 32.5. The summed E-state index contributed by atoms with van der Waals surface area (Å²) in [4.78, 5) is 31.8. The summed E-state index contributed by atoms with van der Waals surface area (Å²) >= 11 is 0. The third kappa shape index (κ3) is 2.36. The van der Waals surface area contributed by atoms with Gasteiger partial charge in [-0.25, -0.2) is 4.79 Å². The summed E-state index contributed by atoms with van der Waals surface area (Å²) in [5.74, 6) is 3.48. The summed E-state index contributed by atoms with van der Waals surface area (Å²) in [6.45, 7) is 0.861. The van der Waals surface area contributed by atoms with Crippen LogP contribution in [0.2, 0.25) is 0 Å². The summed E-state index contributed by atoms with van der Waals surface area (Å²) in [6, 6.07) is 0. The average molecular weight is 357 g/mol. The Labute approximate surface area is 151 Å². The molecular formula is C19H27N5O2. The van der Waals surface area contributed by atoms with Crippen molar-refractivity contribution in [2.45, 2.75) is 44.9 Å². The van der Waals surface area contributed by atoms with Crippen LogP contribution in [-0.4, -0.2) is 25.6 Å². The molecule has 0 unspecified atom stereocenters. The lowest BCUT2D eigenvalue weighted by atomic mass is 9.49. The van der Waals surface area contributed by atoms with Crippen molar-refractivity contribution in [1.29, 1.82) is 0 Å². The fourth-order valence-corrected chi connectivity index (χ4v) is 6.45. The number of anilines is 1. The molecule has 0 aromatic carbocycles. The van der Waals surface area contributed by atoms with Crippen molar-refractivity contribution in [2.24, 2.45) is 37.3 Å². The van der Waals surface area contributed by atoms with E-state index in [0.29, 0.717) is 22.5 Å². The van der Waals surface area contributed by atoms with Gasteiger partial charge in [0.1, 0.15) is 0 Å². The van der Waals surface area contributed by atoms with Gasteiger partial charge in [-0.05, 0) is 68.1 Å². The topological polar surface area (TPSA) is 84.7 Å². The lowest BCUT2D eigenvalue weighted by molar-refractivity contribution is -0.0552. The Morgan fingerprint density at radius 2 is 1.69 bits per heavy atom. The van der Waals surface area contributed by atoms with Gasteiger partial charge in [-0.3, -0.25) is 13.9 Å². The van der Waals surface area contributed by atoms with Gasteiger partial charge in [0.15, 0.2) is 11.2 Å². The molecule has 0 radical (unpaired) electrons. The molecule has 2 aromatic heterocycles. The summed E-state index contributed by atoms with van der Waals surface area (Å²) in [5, 5.41) is 3.37. The Kier molecular flexibility index (Phi) is 3.40. The molecule has 2 N–H and O–H groups in total. The van der Waals surface area contributed by atoms with Gasteiger partial charge in [0.2, 0.25) is 5.95 Å². The first-order chi connectivity index (χ1) is 12.4. The minimum absolute atomic E-state index is 0.329. The molecule has 0 amide bonds. The van der Waals surface area contributed by atoms with Crippen molar-refractivity contribution in [3.8, 4) is 0 Å². The average Bonchev–Trinajstić information content (AvgIpc) is 3.01. The number of rotatable bonds is 4. The maximum Gasteiger partial charge on any atom is 0.332 e. The Hall–Kier alpha value is -2.05. The van der Waals surface area contributed by atoms with Crippen LogP contribution in [-0.2, 0) is 14.1 Å². The summed E-state index contributed by atoms with van der Waals surface area (Å²) in [6.07, 6.45) is 9.76. The molecule has 7 nitrogen and oxygen atoms in total. The Bertz CT molecular complexity index is 947. The molecule has 0 spiro atoms. The molecule has 2 heterocycles. The van der Waals surface area contributed by atoms with E-state index in [0.717, 1.165) is 28.9 Å². The van der Waals surface area contributed by atoms with Gasteiger partial charge >= 0.3 is 5.69 Å². The molecule has 26 heavy (non-hydrogen) atoms. The quantitative estimate of drug-likeness (QED) is 0.876. The molecule has 7 heteroatoms. The molecule has 4 bridgehead atoms. The van der Waals surface area contributed by atoms with E-state index in [9.17, 15) is 9.59 Å². The first kappa shape index (κ1) is 16.1. The number of imidazole rings is 1. The van der Waals surface area contributed by atoms with Gasteiger partial charge in [-0.2, -0.15) is 4.98 Å². The van der Waals surface area contributed by atoms with Crippen molar-refractivity contribution in [1.82, 2.24) is 19.1 Å². The maximum absolute atomic E-state index is 12.3. The molecule has 0 aliphatic heterocycles. The SMILES string of the molecule is Cn1c(=O)c2[nH]c(NCCC34CC5CC(CC(C5)C3)C4)nc2n(C)c1=O. The zero-order valence-corrected chi connectivity index (χ0v) is 15.5. The van der Waals surface area contributed by atoms with Crippen molar-refractivity contribution < 1.29 is 0 Å². The van der Waals surface area contributed by atoms with Crippen molar-refractivity contribution in [3.05, 3.63) is 20.8 Å². The molecule has 4 fully saturated rings. The smallest absolute Gasteiger partial charge is 0.332 e. The number of hydrogen-bond acceptors (Lipinski definition) is 4. The summed E-state index contributed by atoms with van der Waals surface area (Å²) in [7, 11) is 3.13. The maximum atomic E-state index is 12.3.